The third-order valence-corrected chi connectivity index (χ3v) is 5.62. The first-order chi connectivity index (χ1) is 15.0. The number of methoxy groups -OCH3 is 1. The molecule has 1 N–H and O–H groups in total. The van der Waals surface area contributed by atoms with Gasteiger partial charge in [-0.25, -0.2) is 0 Å². The standard InChI is InChI=1S/C23H26N4O3S/c1-16-6-8-18(9-7-16)21(29)15-31-23-26-25-22(5-4-14-24-17(2)28)27(23)19-10-12-20(30-3)13-11-19/h6-13H,4-5,14-15H2,1-3H3,(H,24,28). The van der Waals surface area contributed by atoms with E-state index in [1.165, 1.54) is 18.7 Å². The lowest BCUT2D eigenvalue weighted by molar-refractivity contribution is -0.118. The van der Waals surface area contributed by atoms with Crippen LogP contribution in [0.1, 0.15) is 35.1 Å². The van der Waals surface area contributed by atoms with Gasteiger partial charge in [0.05, 0.1) is 12.9 Å². The number of nitrogens with zero attached hydrogens (tertiary/aromatic N) is 3. The first-order valence-electron chi connectivity index (χ1n) is 10.0. The lowest BCUT2D eigenvalue weighted by Gasteiger charge is -2.11. The molecule has 0 fully saturated rings. The van der Waals surface area contributed by atoms with Crippen LogP contribution >= 0.6 is 11.8 Å². The SMILES string of the molecule is COc1ccc(-n2c(CCCNC(C)=O)nnc2SCC(=O)c2ccc(C)cc2)cc1. The number of thioether (sulfide) groups is 1. The van der Waals surface area contributed by atoms with Gasteiger partial charge in [-0.05, 0) is 37.6 Å². The number of amides is 1. The highest BCUT2D eigenvalue weighted by Gasteiger charge is 2.16. The van der Waals surface area contributed by atoms with Crippen molar-refractivity contribution in [1.82, 2.24) is 20.1 Å². The van der Waals surface area contributed by atoms with Gasteiger partial charge >= 0.3 is 0 Å². The molecule has 0 aliphatic carbocycles. The predicted octanol–water partition coefficient (Wildman–Crippen LogP) is 3.63. The maximum Gasteiger partial charge on any atom is 0.216 e. The van der Waals surface area contributed by atoms with E-state index >= 15 is 0 Å². The quantitative estimate of drug-likeness (QED) is 0.296. The molecule has 3 rings (SSSR count). The summed E-state index contributed by atoms with van der Waals surface area (Å²) < 4.78 is 7.21. The molecule has 1 aromatic heterocycles. The number of carbonyl (C=O) groups is 2. The minimum atomic E-state index is -0.0533. The van der Waals surface area contributed by atoms with E-state index in [0.29, 0.717) is 23.7 Å². The molecule has 31 heavy (non-hydrogen) atoms. The number of rotatable bonds is 10. The zero-order valence-corrected chi connectivity index (χ0v) is 18.7. The number of hydrogen-bond acceptors (Lipinski definition) is 6. The summed E-state index contributed by atoms with van der Waals surface area (Å²) in [5.41, 5.74) is 2.70. The number of aromatic nitrogens is 3. The Morgan fingerprint density at radius 3 is 2.42 bits per heavy atom. The van der Waals surface area contributed by atoms with Gasteiger partial charge in [-0.15, -0.1) is 10.2 Å². The second-order valence-electron chi connectivity index (χ2n) is 7.10. The zero-order valence-electron chi connectivity index (χ0n) is 17.9. The van der Waals surface area contributed by atoms with Crippen LogP contribution in [0.15, 0.2) is 53.7 Å². The lowest BCUT2D eigenvalue weighted by Crippen LogP contribution is -2.21. The average molecular weight is 439 g/mol. The van der Waals surface area contributed by atoms with Crippen LogP contribution in [0, 0.1) is 6.92 Å². The highest BCUT2D eigenvalue weighted by Crippen LogP contribution is 2.25. The molecular weight excluding hydrogens is 412 g/mol. The average Bonchev–Trinajstić information content (AvgIpc) is 3.18. The summed E-state index contributed by atoms with van der Waals surface area (Å²) in [6.45, 7) is 4.06. The molecule has 0 atom stereocenters. The fourth-order valence-corrected chi connectivity index (χ4v) is 3.88. The fourth-order valence-electron chi connectivity index (χ4n) is 3.01. The van der Waals surface area contributed by atoms with E-state index < -0.39 is 0 Å². The van der Waals surface area contributed by atoms with Gasteiger partial charge in [0.1, 0.15) is 11.6 Å². The van der Waals surface area contributed by atoms with Gasteiger partial charge in [0, 0.05) is 31.1 Å². The number of ether oxygens (including phenoxy) is 1. The predicted molar refractivity (Wildman–Crippen MR) is 121 cm³/mol. The summed E-state index contributed by atoms with van der Waals surface area (Å²) in [4.78, 5) is 23.7. The molecule has 0 radical (unpaired) electrons. The Kier molecular flexibility index (Phi) is 7.83. The Balaban J connectivity index is 1.78. The molecule has 7 nitrogen and oxygen atoms in total. The van der Waals surface area contributed by atoms with E-state index in [1.807, 2.05) is 60.0 Å². The Morgan fingerprint density at radius 2 is 1.77 bits per heavy atom. The Hall–Kier alpha value is -3.13. The van der Waals surface area contributed by atoms with Crippen LogP contribution in [-0.4, -0.2) is 45.9 Å². The fraction of sp³-hybridized carbons (Fsp3) is 0.304. The monoisotopic (exact) mass is 438 g/mol. The number of carbonyl (C=O) groups excluding carboxylic acids is 2. The number of ketones is 1. The first-order valence-corrected chi connectivity index (χ1v) is 11.0. The first kappa shape index (κ1) is 22.6. The third-order valence-electron chi connectivity index (χ3n) is 4.69. The second kappa shape index (κ2) is 10.8. The molecule has 162 valence electrons. The number of benzene rings is 2. The number of Topliss-reactive ketones (excluding diaryl/α,β-unsaturated/α-hetero) is 1. The Bertz CT molecular complexity index is 1030. The van der Waals surface area contributed by atoms with E-state index in [1.54, 1.807) is 7.11 Å². The molecule has 0 saturated heterocycles. The molecule has 0 bridgehead atoms. The molecule has 0 aliphatic heterocycles. The van der Waals surface area contributed by atoms with Crippen molar-refractivity contribution in [2.45, 2.75) is 31.8 Å². The molecule has 0 aliphatic rings. The molecule has 8 heteroatoms. The summed E-state index contributed by atoms with van der Waals surface area (Å²) >= 11 is 1.36. The molecule has 0 unspecified atom stereocenters. The normalized spacial score (nSPS) is 10.7. The van der Waals surface area contributed by atoms with E-state index in [-0.39, 0.29) is 17.4 Å². The van der Waals surface area contributed by atoms with Crippen molar-refractivity contribution in [1.29, 1.82) is 0 Å². The maximum atomic E-state index is 12.6. The van der Waals surface area contributed by atoms with E-state index in [2.05, 4.69) is 15.5 Å². The highest BCUT2D eigenvalue weighted by atomic mass is 32.2. The molecular formula is C23H26N4O3S. The van der Waals surface area contributed by atoms with Gasteiger partial charge < -0.3 is 10.1 Å². The van der Waals surface area contributed by atoms with Gasteiger partial charge in [-0.2, -0.15) is 0 Å². The summed E-state index contributed by atoms with van der Waals surface area (Å²) in [5, 5.41) is 12.1. The highest BCUT2D eigenvalue weighted by molar-refractivity contribution is 7.99. The van der Waals surface area contributed by atoms with Crippen LogP contribution in [0.3, 0.4) is 0 Å². The number of nitrogens with one attached hydrogen (secondary N) is 1. The van der Waals surface area contributed by atoms with E-state index in [0.717, 1.165) is 29.2 Å². The Morgan fingerprint density at radius 1 is 1.06 bits per heavy atom. The van der Waals surface area contributed by atoms with Crippen LogP contribution in [0.25, 0.3) is 5.69 Å². The largest absolute Gasteiger partial charge is 0.497 e. The molecule has 0 spiro atoms. The smallest absolute Gasteiger partial charge is 0.216 e. The topological polar surface area (TPSA) is 86.1 Å². The number of hydrogen-bond donors (Lipinski definition) is 1. The van der Waals surface area contributed by atoms with Gasteiger partial charge in [-0.1, -0.05) is 41.6 Å². The van der Waals surface area contributed by atoms with Crippen molar-refractivity contribution in [2.24, 2.45) is 0 Å². The van der Waals surface area contributed by atoms with Crippen LogP contribution in [-0.2, 0) is 11.2 Å². The van der Waals surface area contributed by atoms with Crippen molar-refractivity contribution in [2.75, 3.05) is 19.4 Å². The van der Waals surface area contributed by atoms with E-state index in [4.69, 9.17) is 4.74 Å². The second-order valence-corrected chi connectivity index (χ2v) is 8.04. The minimum absolute atomic E-state index is 0.0430. The van der Waals surface area contributed by atoms with Crippen LogP contribution in [0.4, 0.5) is 0 Å². The van der Waals surface area contributed by atoms with Crippen LogP contribution < -0.4 is 10.1 Å². The van der Waals surface area contributed by atoms with Crippen molar-refractivity contribution in [3.63, 3.8) is 0 Å². The summed E-state index contributed by atoms with van der Waals surface area (Å²) in [6, 6.07) is 15.2. The molecule has 1 amide bonds. The van der Waals surface area contributed by atoms with Gasteiger partial charge in [0.15, 0.2) is 10.9 Å². The maximum absolute atomic E-state index is 12.6. The summed E-state index contributed by atoms with van der Waals surface area (Å²) in [7, 11) is 1.62. The van der Waals surface area contributed by atoms with Gasteiger partial charge in [-0.3, -0.25) is 14.2 Å². The summed E-state index contributed by atoms with van der Waals surface area (Å²) in [5.74, 6) is 1.79. The molecule has 1 heterocycles. The lowest BCUT2D eigenvalue weighted by atomic mass is 10.1. The van der Waals surface area contributed by atoms with Crippen molar-refractivity contribution < 1.29 is 14.3 Å². The molecule has 3 aromatic rings. The zero-order chi connectivity index (χ0) is 22.2. The van der Waals surface area contributed by atoms with Gasteiger partial charge in [0.2, 0.25) is 5.91 Å². The van der Waals surface area contributed by atoms with Crippen molar-refractivity contribution in [3.8, 4) is 11.4 Å². The Labute approximate surface area is 186 Å². The number of aryl methyl sites for hydroxylation is 2. The van der Waals surface area contributed by atoms with Crippen LogP contribution in [0.5, 0.6) is 5.75 Å². The minimum Gasteiger partial charge on any atom is -0.497 e. The van der Waals surface area contributed by atoms with Crippen LogP contribution in [0.2, 0.25) is 0 Å². The van der Waals surface area contributed by atoms with E-state index in [9.17, 15) is 9.59 Å². The molecule has 2 aromatic carbocycles. The van der Waals surface area contributed by atoms with Crippen molar-refractivity contribution in [3.05, 3.63) is 65.5 Å². The summed E-state index contributed by atoms with van der Waals surface area (Å²) in [6.07, 6.45) is 1.38. The third kappa shape index (κ3) is 6.18. The molecule has 0 saturated carbocycles. The van der Waals surface area contributed by atoms with Gasteiger partial charge in [0.25, 0.3) is 0 Å². The van der Waals surface area contributed by atoms with Crippen molar-refractivity contribution >= 4 is 23.5 Å².